The number of ether oxygens (including phenoxy) is 2. The zero-order chi connectivity index (χ0) is 16.9. The molecule has 1 saturated heterocycles. The fourth-order valence-corrected chi connectivity index (χ4v) is 3.08. The van der Waals surface area contributed by atoms with Crippen LogP contribution in [0.5, 0.6) is 5.75 Å². The maximum Gasteiger partial charge on any atom is 0.153 e. The number of aromatic nitrogens is 2. The normalized spacial score (nSPS) is 15.5. The lowest BCUT2D eigenvalue weighted by Crippen LogP contribution is -2.37. The third-order valence-electron chi connectivity index (χ3n) is 4.21. The number of para-hydroxylation sites is 1. The fourth-order valence-electron chi connectivity index (χ4n) is 2.86. The van der Waals surface area contributed by atoms with Crippen LogP contribution in [0.2, 0.25) is 5.02 Å². The summed E-state index contributed by atoms with van der Waals surface area (Å²) in [4.78, 5) is 10.3. The molecule has 1 fully saturated rings. The minimum atomic E-state index is 0.212. The second-order valence-electron chi connectivity index (χ2n) is 5.71. The number of hydrogen-bond acceptors (Lipinski definition) is 6. The van der Waals surface area contributed by atoms with Gasteiger partial charge in [-0.3, -0.25) is 0 Å². The smallest absolute Gasteiger partial charge is 0.153 e. The van der Waals surface area contributed by atoms with Gasteiger partial charge in [-0.25, -0.2) is 9.97 Å². The maximum atomic E-state index is 6.20. The molecule has 24 heavy (non-hydrogen) atoms. The Morgan fingerprint density at radius 3 is 2.75 bits per heavy atom. The molecule has 0 amide bonds. The van der Waals surface area contributed by atoms with E-state index >= 15 is 0 Å². The zero-order valence-corrected chi connectivity index (χ0v) is 14.4. The first-order chi connectivity index (χ1) is 11.7. The minimum absolute atomic E-state index is 0.212. The first-order valence-corrected chi connectivity index (χ1v) is 8.31. The molecule has 2 N–H and O–H groups in total. The first kappa shape index (κ1) is 16.8. The molecule has 0 unspecified atom stereocenters. The molecule has 0 bridgehead atoms. The third kappa shape index (κ3) is 3.71. The number of anilines is 2. The van der Waals surface area contributed by atoms with Crippen LogP contribution in [0.1, 0.15) is 18.4 Å². The Morgan fingerprint density at radius 2 is 2.00 bits per heavy atom. The van der Waals surface area contributed by atoms with Crippen molar-refractivity contribution in [2.75, 3.05) is 30.8 Å². The van der Waals surface area contributed by atoms with E-state index in [1.807, 2.05) is 24.3 Å². The standard InChI is InChI=1S/C17H21ClN4O2/c1-23-14-5-3-2-4-12(14)10-24-13-6-8-22(9-7-13)17-15(18)16(19)20-11-21-17/h2-5,11,13H,6-10H2,1H3,(H2,19,20,21). The van der Waals surface area contributed by atoms with Crippen molar-refractivity contribution in [1.29, 1.82) is 0 Å². The number of nitrogens with zero attached hydrogens (tertiary/aromatic N) is 3. The number of benzene rings is 1. The number of piperidine rings is 1. The highest BCUT2D eigenvalue weighted by molar-refractivity contribution is 6.35. The van der Waals surface area contributed by atoms with E-state index in [9.17, 15) is 0 Å². The van der Waals surface area contributed by atoms with Gasteiger partial charge in [0.1, 0.15) is 22.9 Å². The van der Waals surface area contributed by atoms with Crippen molar-refractivity contribution in [1.82, 2.24) is 9.97 Å². The summed E-state index contributed by atoms with van der Waals surface area (Å²) in [5, 5.41) is 0.422. The van der Waals surface area contributed by atoms with Gasteiger partial charge in [-0.15, -0.1) is 0 Å². The Bertz CT molecular complexity index is 690. The van der Waals surface area contributed by atoms with Crippen LogP contribution in [-0.2, 0) is 11.3 Å². The number of methoxy groups -OCH3 is 1. The van der Waals surface area contributed by atoms with Crippen LogP contribution in [0.4, 0.5) is 11.6 Å². The van der Waals surface area contributed by atoms with Crippen LogP contribution in [0, 0.1) is 0 Å². The first-order valence-electron chi connectivity index (χ1n) is 7.93. The lowest BCUT2D eigenvalue weighted by atomic mass is 10.1. The van der Waals surface area contributed by atoms with Gasteiger partial charge in [0.25, 0.3) is 0 Å². The molecule has 0 aliphatic carbocycles. The van der Waals surface area contributed by atoms with E-state index in [2.05, 4.69) is 14.9 Å². The molecule has 0 radical (unpaired) electrons. The van der Waals surface area contributed by atoms with Crippen molar-refractivity contribution in [3.05, 3.63) is 41.2 Å². The molecule has 128 valence electrons. The SMILES string of the molecule is COc1ccccc1COC1CCN(c2ncnc(N)c2Cl)CC1. The van der Waals surface area contributed by atoms with Gasteiger partial charge in [0.2, 0.25) is 0 Å². The average Bonchev–Trinajstić information content (AvgIpc) is 2.63. The highest BCUT2D eigenvalue weighted by Gasteiger charge is 2.23. The molecule has 7 heteroatoms. The van der Waals surface area contributed by atoms with Crippen LogP contribution >= 0.6 is 11.6 Å². The highest BCUT2D eigenvalue weighted by Crippen LogP contribution is 2.30. The van der Waals surface area contributed by atoms with E-state index in [1.54, 1.807) is 7.11 Å². The summed E-state index contributed by atoms with van der Waals surface area (Å²) in [5.41, 5.74) is 6.81. The van der Waals surface area contributed by atoms with Crippen molar-refractivity contribution in [3.63, 3.8) is 0 Å². The van der Waals surface area contributed by atoms with E-state index in [1.165, 1.54) is 6.33 Å². The summed E-state index contributed by atoms with van der Waals surface area (Å²) in [6.45, 7) is 2.20. The van der Waals surface area contributed by atoms with Gasteiger partial charge < -0.3 is 20.1 Å². The number of nitrogen functional groups attached to an aromatic ring is 1. The lowest BCUT2D eigenvalue weighted by molar-refractivity contribution is 0.0242. The number of hydrogen-bond donors (Lipinski definition) is 1. The molecule has 2 heterocycles. The fraction of sp³-hybridized carbons (Fsp3) is 0.412. The van der Waals surface area contributed by atoms with Crippen molar-refractivity contribution < 1.29 is 9.47 Å². The summed E-state index contributed by atoms with van der Waals surface area (Å²) < 4.78 is 11.4. The Labute approximate surface area is 146 Å². The van der Waals surface area contributed by atoms with E-state index in [0.717, 1.165) is 37.2 Å². The van der Waals surface area contributed by atoms with Gasteiger partial charge in [0.15, 0.2) is 5.82 Å². The summed E-state index contributed by atoms with van der Waals surface area (Å²) >= 11 is 6.20. The highest BCUT2D eigenvalue weighted by atomic mass is 35.5. The van der Waals surface area contributed by atoms with Crippen molar-refractivity contribution in [2.24, 2.45) is 0 Å². The molecule has 0 atom stereocenters. The average molecular weight is 349 g/mol. The van der Waals surface area contributed by atoms with Crippen LogP contribution in [0.3, 0.4) is 0 Å². The molecule has 0 saturated carbocycles. The van der Waals surface area contributed by atoms with Crippen LogP contribution in [-0.4, -0.2) is 36.3 Å². The summed E-state index contributed by atoms with van der Waals surface area (Å²) in [7, 11) is 1.68. The number of rotatable bonds is 5. The van der Waals surface area contributed by atoms with Gasteiger partial charge in [-0.1, -0.05) is 29.8 Å². The van der Waals surface area contributed by atoms with Crippen molar-refractivity contribution in [3.8, 4) is 5.75 Å². The lowest BCUT2D eigenvalue weighted by Gasteiger charge is -2.33. The molecule has 3 rings (SSSR count). The topological polar surface area (TPSA) is 73.5 Å². The molecule has 0 spiro atoms. The predicted octanol–water partition coefficient (Wildman–Crippen LogP) is 2.91. The van der Waals surface area contributed by atoms with Gasteiger partial charge in [0.05, 0.1) is 19.8 Å². The van der Waals surface area contributed by atoms with Gasteiger partial charge in [-0.05, 0) is 18.9 Å². The van der Waals surface area contributed by atoms with Crippen molar-refractivity contribution >= 4 is 23.2 Å². The van der Waals surface area contributed by atoms with E-state index < -0.39 is 0 Å². The third-order valence-corrected chi connectivity index (χ3v) is 4.57. The summed E-state index contributed by atoms with van der Waals surface area (Å²) in [5.74, 6) is 1.88. The second kappa shape index (κ2) is 7.68. The Balaban J connectivity index is 1.55. The van der Waals surface area contributed by atoms with E-state index in [0.29, 0.717) is 23.3 Å². The van der Waals surface area contributed by atoms with Crippen molar-refractivity contribution in [2.45, 2.75) is 25.6 Å². The van der Waals surface area contributed by atoms with Crippen LogP contribution in [0.25, 0.3) is 0 Å². The van der Waals surface area contributed by atoms with Crippen LogP contribution < -0.4 is 15.4 Å². The quantitative estimate of drug-likeness (QED) is 0.895. The molecule has 1 aromatic heterocycles. The second-order valence-corrected chi connectivity index (χ2v) is 6.08. The molecular weight excluding hydrogens is 328 g/mol. The maximum absolute atomic E-state index is 6.20. The van der Waals surface area contributed by atoms with Crippen LogP contribution in [0.15, 0.2) is 30.6 Å². The predicted molar refractivity (Wildman–Crippen MR) is 94.5 cm³/mol. The summed E-state index contributed by atoms with van der Waals surface area (Å²) in [6.07, 6.45) is 3.48. The van der Waals surface area contributed by atoms with E-state index in [4.69, 9.17) is 26.8 Å². The Kier molecular flexibility index (Phi) is 5.37. The molecule has 1 aromatic carbocycles. The molecule has 2 aromatic rings. The van der Waals surface area contributed by atoms with Gasteiger partial charge in [-0.2, -0.15) is 0 Å². The monoisotopic (exact) mass is 348 g/mol. The Hall–Kier alpha value is -2.05. The molecule has 1 aliphatic heterocycles. The largest absolute Gasteiger partial charge is 0.496 e. The molecular formula is C17H21ClN4O2. The molecule has 1 aliphatic rings. The number of halogens is 1. The number of nitrogens with two attached hydrogens (primary N) is 1. The van der Waals surface area contributed by atoms with E-state index in [-0.39, 0.29) is 6.10 Å². The molecule has 6 nitrogen and oxygen atoms in total. The van der Waals surface area contributed by atoms with Gasteiger partial charge >= 0.3 is 0 Å². The Morgan fingerprint density at radius 1 is 1.25 bits per heavy atom. The van der Waals surface area contributed by atoms with Gasteiger partial charge in [0, 0.05) is 18.7 Å². The summed E-state index contributed by atoms with van der Waals surface area (Å²) in [6, 6.07) is 7.92. The zero-order valence-electron chi connectivity index (χ0n) is 13.6. The minimum Gasteiger partial charge on any atom is -0.496 e.